The first-order valence-electron chi connectivity index (χ1n) is 8.80. The van der Waals surface area contributed by atoms with Gasteiger partial charge in [0.2, 0.25) is 0 Å². The molecule has 146 valence electrons. The Balaban J connectivity index is 1.51. The summed E-state index contributed by atoms with van der Waals surface area (Å²) in [4.78, 5) is 31.6. The molecular formula is C19H17ClN2O6. The maximum Gasteiger partial charge on any atom is 0.314 e. The molecule has 2 heterocycles. The molecule has 0 spiro atoms. The molecular weight excluding hydrogens is 388 g/mol. The van der Waals surface area contributed by atoms with E-state index < -0.39 is 23.1 Å². The predicted octanol–water partition coefficient (Wildman–Crippen LogP) is 3.56. The van der Waals surface area contributed by atoms with Gasteiger partial charge in [0.15, 0.2) is 5.75 Å². The number of nitrogens with zero attached hydrogens (tertiary/aromatic N) is 2. The minimum absolute atomic E-state index is 0.269. The molecule has 1 atom stereocenters. The summed E-state index contributed by atoms with van der Waals surface area (Å²) < 4.78 is 11.5. The Hall–Kier alpha value is -2.71. The molecule has 1 aromatic carbocycles. The van der Waals surface area contributed by atoms with Gasteiger partial charge in [0.25, 0.3) is 5.09 Å². The lowest BCUT2D eigenvalue weighted by atomic mass is 9.82. The smallest absolute Gasteiger partial charge is 0.314 e. The van der Waals surface area contributed by atoms with Crippen LogP contribution in [0.5, 0.6) is 5.75 Å². The molecule has 9 heteroatoms. The topological polar surface area (TPSA) is 101 Å². The van der Waals surface area contributed by atoms with Gasteiger partial charge in [0.1, 0.15) is 12.2 Å². The highest BCUT2D eigenvalue weighted by Gasteiger charge is 2.39. The zero-order chi connectivity index (χ0) is 19.8. The number of pyridine rings is 1. The van der Waals surface area contributed by atoms with Gasteiger partial charge >= 0.3 is 5.97 Å². The summed E-state index contributed by atoms with van der Waals surface area (Å²) in [5.41, 5.74) is 3.16. The van der Waals surface area contributed by atoms with Gasteiger partial charge in [-0.05, 0) is 37.5 Å². The summed E-state index contributed by atoms with van der Waals surface area (Å²) in [6, 6.07) is 7.36. The summed E-state index contributed by atoms with van der Waals surface area (Å²) >= 11 is 5.95. The van der Waals surface area contributed by atoms with Crippen molar-refractivity contribution < 1.29 is 24.2 Å². The van der Waals surface area contributed by atoms with Crippen LogP contribution in [-0.4, -0.2) is 22.1 Å². The molecule has 0 radical (unpaired) electrons. The second kappa shape index (κ2) is 7.37. The van der Waals surface area contributed by atoms with E-state index in [-0.39, 0.29) is 18.9 Å². The fraction of sp³-hybridized carbons (Fsp3) is 0.368. The molecule has 8 nitrogen and oxygen atoms in total. The number of fused-ring (bicyclic) bond motifs is 1. The third-order valence-corrected chi connectivity index (χ3v) is 5.32. The number of aryl methyl sites for hydroxylation is 1. The van der Waals surface area contributed by atoms with E-state index in [0.717, 1.165) is 16.7 Å². The van der Waals surface area contributed by atoms with E-state index in [1.165, 1.54) is 0 Å². The van der Waals surface area contributed by atoms with E-state index >= 15 is 0 Å². The van der Waals surface area contributed by atoms with Crippen molar-refractivity contribution >= 4 is 17.6 Å². The summed E-state index contributed by atoms with van der Waals surface area (Å²) in [6.45, 7) is 2.06. The van der Waals surface area contributed by atoms with Crippen LogP contribution < -0.4 is 4.74 Å². The van der Waals surface area contributed by atoms with Crippen LogP contribution in [0.2, 0.25) is 5.02 Å². The first kappa shape index (κ1) is 18.6. The van der Waals surface area contributed by atoms with Crippen molar-refractivity contribution in [2.45, 2.75) is 38.6 Å². The Morgan fingerprint density at radius 2 is 2.04 bits per heavy atom. The van der Waals surface area contributed by atoms with Crippen LogP contribution in [0.25, 0.3) is 0 Å². The van der Waals surface area contributed by atoms with E-state index in [1.54, 1.807) is 25.3 Å². The van der Waals surface area contributed by atoms with Gasteiger partial charge in [-0.1, -0.05) is 23.7 Å². The maximum absolute atomic E-state index is 12.4. The minimum atomic E-state index is -0.835. The zero-order valence-corrected chi connectivity index (χ0v) is 15.7. The van der Waals surface area contributed by atoms with Crippen molar-refractivity contribution in [1.29, 1.82) is 0 Å². The Morgan fingerprint density at radius 1 is 1.32 bits per heavy atom. The van der Waals surface area contributed by atoms with Gasteiger partial charge < -0.3 is 14.3 Å². The van der Waals surface area contributed by atoms with Crippen LogP contribution in [0.4, 0.5) is 0 Å². The summed E-state index contributed by atoms with van der Waals surface area (Å²) in [7, 11) is 0. The molecule has 1 saturated carbocycles. The third kappa shape index (κ3) is 3.53. The van der Waals surface area contributed by atoms with E-state index in [0.29, 0.717) is 23.1 Å². The standard InChI is InChI=1S/C19H17ClN2O6/c1-10-17(27-19(23)12-6-14(7-12)28-22(24)25)16-9-26-18(15(16)8-21-10)11-2-4-13(20)5-3-11/h2-5,8,12,14,18H,6-7,9H2,1H3/t12?,14?,18-/m1/s1. The highest BCUT2D eigenvalue weighted by Crippen LogP contribution is 2.42. The number of benzene rings is 1. The highest BCUT2D eigenvalue weighted by atomic mass is 35.5. The molecule has 2 aromatic rings. The van der Waals surface area contributed by atoms with Gasteiger partial charge in [-0.2, -0.15) is 0 Å². The van der Waals surface area contributed by atoms with Crippen molar-refractivity contribution in [2.24, 2.45) is 5.92 Å². The number of hydrogen-bond acceptors (Lipinski definition) is 7. The van der Waals surface area contributed by atoms with Crippen LogP contribution in [-0.2, 0) is 21.0 Å². The second-order valence-electron chi connectivity index (χ2n) is 6.89. The maximum atomic E-state index is 12.4. The largest absolute Gasteiger partial charge is 0.424 e. The first-order valence-corrected chi connectivity index (χ1v) is 9.18. The molecule has 1 aromatic heterocycles. The number of aromatic nitrogens is 1. The number of hydrogen-bond donors (Lipinski definition) is 0. The number of ether oxygens (including phenoxy) is 2. The fourth-order valence-electron chi connectivity index (χ4n) is 3.48. The van der Waals surface area contributed by atoms with Crippen LogP contribution in [0.15, 0.2) is 30.5 Å². The van der Waals surface area contributed by atoms with Crippen LogP contribution in [0.3, 0.4) is 0 Å². The Morgan fingerprint density at radius 3 is 2.71 bits per heavy atom. The summed E-state index contributed by atoms with van der Waals surface area (Å²) in [6.07, 6.45) is 1.42. The summed E-state index contributed by atoms with van der Waals surface area (Å²) in [5, 5.41) is 10.1. The quantitative estimate of drug-likeness (QED) is 0.426. The van der Waals surface area contributed by atoms with Gasteiger partial charge in [-0.15, -0.1) is 10.1 Å². The number of carbonyl (C=O) groups excluding carboxylic acids is 1. The molecule has 1 fully saturated rings. The second-order valence-corrected chi connectivity index (χ2v) is 7.33. The van der Waals surface area contributed by atoms with Crippen molar-refractivity contribution in [2.75, 3.05) is 0 Å². The van der Waals surface area contributed by atoms with Gasteiger partial charge in [-0.3, -0.25) is 9.78 Å². The van der Waals surface area contributed by atoms with E-state index in [9.17, 15) is 14.9 Å². The Bertz CT molecular complexity index is 927. The van der Waals surface area contributed by atoms with Crippen molar-refractivity contribution in [3.8, 4) is 5.75 Å². The number of rotatable bonds is 5. The highest BCUT2D eigenvalue weighted by molar-refractivity contribution is 6.30. The van der Waals surface area contributed by atoms with Crippen LogP contribution >= 0.6 is 11.6 Å². The number of halogens is 1. The minimum Gasteiger partial charge on any atom is -0.424 e. The van der Waals surface area contributed by atoms with Crippen molar-refractivity contribution in [1.82, 2.24) is 4.98 Å². The Labute approximate surface area is 165 Å². The molecule has 4 rings (SSSR count). The zero-order valence-electron chi connectivity index (χ0n) is 15.0. The molecule has 0 N–H and O–H groups in total. The molecule has 0 saturated heterocycles. The first-order chi connectivity index (χ1) is 13.4. The monoisotopic (exact) mass is 404 g/mol. The SMILES string of the molecule is Cc1ncc2c(c1OC(=O)C1CC(O[N+](=O)[O-])C1)CO[C@@H]2c1ccc(Cl)cc1. The average Bonchev–Trinajstić information content (AvgIpc) is 3.05. The average molecular weight is 405 g/mol. The van der Waals surface area contributed by atoms with Crippen LogP contribution in [0.1, 0.15) is 41.3 Å². The fourth-order valence-corrected chi connectivity index (χ4v) is 3.61. The normalized spacial score (nSPS) is 22.9. The molecule has 0 amide bonds. The van der Waals surface area contributed by atoms with E-state index in [2.05, 4.69) is 9.82 Å². The Kier molecular flexibility index (Phi) is 4.91. The molecule has 28 heavy (non-hydrogen) atoms. The van der Waals surface area contributed by atoms with E-state index in [1.807, 2.05) is 12.1 Å². The van der Waals surface area contributed by atoms with Gasteiger partial charge in [-0.25, -0.2) is 0 Å². The molecule has 0 unspecified atom stereocenters. The van der Waals surface area contributed by atoms with E-state index in [4.69, 9.17) is 21.1 Å². The number of esters is 1. The van der Waals surface area contributed by atoms with Gasteiger partial charge in [0, 0.05) is 22.3 Å². The lowest BCUT2D eigenvalue weighted by Crippen LogP contribution is -2.39. The molecule has 1 aliphatic carbocycles. The molecule has 0 bridgehead atoms. The van der Waals surface area contributed by atoms with Crippen molar-refractivity contribution in [3.63, 3.8) is 0 Å². The third-order valence-electron chi connectivity index (χ3n) is 5.06. The summed E-state index contributed by atoms with van der Waals surface area (Å²) in [5.74, 6) is -0.455. The van der Waals surface area contributed by atoms with Crippen LogP contribution in [0, 0.1) is 23.0 Å². The molecule has 2 aliphatic rings. The number of carbonyl (C=O) groups is 1. The lowest BCUT2D eigenvalue weighted by molar-refractivity contribution is -0.772. The van der Waals surface area contributed by atoms with Gasteiger partial charge in [0.05, 0.1) is 18.2 Å². The molecule has 1 aliphatic heterocycles. The van der Waals surface area contributed by atoms with Crippen molar-refractivity contribution in [3.05, 3.63) is 68.0 Å². The predicted molar refractivity (Wildman–Crippen MR) is 97.3 cm³/mol. The lowest BCUT2D eigenvalue weighted by Gasteiger charge is -2.31.